The standard InChI is InChI=1S/C24H22N2O3/c1-2-8-20-21-22(29-26(20)18-11-4-3-5-12-18)24(28)25(23(21)27)19-14-13-16-9-6-7-10-17(16)15-19/h3-7,9-15,20-22H,2,8H2,1H3/t20-,21+,22+/m1/s1. The Hall–Kier alpha value is -3.18. The molecule has 0 aromatic heterocycles. The molecule has 3 atom stereocenters. The smallest absolute Gasteiger partial charge is 0.266 e. The predicted octanol–water partition coefficient (Wildman–Crippen LogP) is 4.32. The van der Waals surface area contributed by atoms with Crippen LogP contribution in [0.4, 0.5) is 11.4 Å². The summed E-state index contributed by atoms with van der Waals surface area (Å²) in [6, 6.07) is 23.1. The van der Waals surface area contributed by atoms with Crippen LogP contribution in [0.2, 0.25) is 0 Å². The molecule has 2 heterocycles. The number of anilines is 2. The van der Waals surface area contributed by atoms with Gasteiger partial charge in [-0.25, -0.2) is 9.96 Å². The van der Waals surface area contributed by atoms with E-state index in [1.54, 1.807) is 5.06 Å². The first-order valence-corrected chi connectivity index (χ1v) is 10.1. The molecule has 0 bridgehead atoms. The van der Waals surface area contributed by atoms with Crippen molar-refractivity contribution >= 4 is 34.0 Å². The number of carbonyl (C=O) groups is 2. The molecule has 0 spiro atoms. The van der Waals surface area contributed by atoms with Gasteiger partial charge in [-0.15, -0.1) is 0 Å². The number of nitrogens with zero attached hydrogens (tertiary/aromatic N) is 2. The van der Waals surface area contributed by atoms with E-state index in [1.165, 1.54) is 4.90 Å². The topological polar surface area (TPSA) is 49.9 Å². The highest BCUT2D eigenvalue weighted by Crippen LogP contribution is 2.42. The number of para-hydroxylation sites is 1. The fourth-order valence-electron chi connectivity index (χ4n) is 4.48. The molecule has 2 aliphatic rings. The van der Waals surface area contributed by atoms with Crippen molar-refractivity contribution in [2.45, 2.75) is 31.9 Å². The Balaban J connectivity index is 1.51. The zero-order valence-electron chi connectivity index (χ0n) is 16.2. The second-order valence-electron chi connectivity index (χ2n) is 7.61. The Morgan fingerprint density at radius 1 is 0.828 bits per heavy atom. The van der Waals surface area contributed by atoms with Crippen molar-refractivity contribution in [1.82, 2.24) is 0 Å². The fourth-order valence-corrected chi connectivity index (χ4v) is 4.48. The van der Waals surface area contributed by atoms with E-state index in [2.05, 4.69) is 6.92 Å². The SMILES string of the molecule is CCC[C@@H]1[C@@H]2C(=O)N(c3ccc4ccccc4c3)C(=O)[C@H]2ON1c1ccccc1. The lowest BCUT2D eigenvalue weighted by atomic mass is 9.93. The van der Waals surface area contributed by atoms with Crippen molar-refractivity contribution in [3.05, 3.63) is 72.8 Å². The third-order valence-electron chi connectivity index (χ3n) is 5.82. The van der Waals surface area contributed by atoms with Crippen LogP contribution in [0.1, 0.15) is 19.8 Å². The van der Waals surface area contributed by atoms with Gasteiger partial charge in [0, 0.05) is 0 Å². The van der Waals surface area contributed by atoms with Gasteiger partial charge in [0.15, 0.2) is 6.10 Å². The lowest BCUT2D eigenvalue weighted by Crippen LogP contribution is -2.40. The number of amides is 2. The average molecular weight is 386 g/mol. The van der Waals surface area contributed by atoms with Gasteiger partial charge in [-0.1, -0.05) is 61.9 Å². The zero-order chi connectivity index (χ0) is 20.0. The average Bonchev–Trinajstić information content (AvgIpc) is 3.24. The molecule has 29 heavy (non-hydrogen) atoms. The van der Waals surface area contributed by atoms with Crippen LogP contribution < -0.4 is 9.96 Å². The van der Waals surface area contributed by atoms with Crippen molar-refractivity contribution in [3.8, 4) is 0 Å². The molecular weight excluding hydrogens is 364 g/mol. The Morgan fingerprint density at radius 2 is 1.55 bits per heavy atom. The first kappa shape index (κ1) is 17.9. The lowest BCUT2D eigenvalue weighted by Gasteiger charge is -2.28. The van der Waals surface area contributed by atoms with Gasteiger partial charge >= 0.3 is 0 Å². The Kier molecular flexibility index (Phi) is 4.32. The van der Waals surface area contributed by atoms with Gasteiger partial charge in [0.1, 0.15) is 0 Å². The maximum Gasteiger partial charge on any atom is 0.266 e. The van der Waals surface area contributed by atoms with E-state index in [4.69, 9.17) is 4.84 Å². The number of hydrogen-bond donors (Lipinski definition) is 0. The maximum absolute atomic E-state index is 13.4. The number of imide groups is 1. The molecule has 5 rings (SSSR count). The van der Waals surface area contributed by atoms with Gasteiger partial charge in [0.2, 0.25) is 5.91 Å². The van der Waals surface area contributed by atoms with Gasteiger partial charge in [0.05, 0.1) is 23.3 Å². The summed E-state index contributed by atoms with van der Waals surface area (Å²) in [4.78, 5) is 34.0. The molecule has 5 heteroatoms. The molecule has 0 aliphatic carbocycles. The Morgan fingerprint density at radius 3 is 2.31 bits per heavy atom. The summed E-state index contributed by atoms with van der Waals surface area (Å²) in [5.74, 6) is -0.948. The van der Waals surface area contributed by atoms with Crippen molar-refractivity contribution in [2.75, 3.05) is 9.96 Å². The van der Waals surface area contributed by atoms with Gasteiger partial charge < -0.3 is 0 Å². The number of hydrogen-bond acceptors (Lipinski definition) is 4. The minimum Gasteiger partial charge on any atom is -0.273 e. The molecule has 2 fully saturated rings. The van der Waals surface area contributed by atoms with Crippen LogP contribution >= 0.6 is 0 Å². The third-order valence-corrected chi connectivity index (χ3v) is 5.82. The molecule has 0 unspecified atom stereocenters. The van der Waals surface area contributed by atoms with E-state index in [9.17, 15) is 9.59 Å². The summed E-state index contributed by atoms with van der Waals surface area (Å²) < 4.78 is 0. The molecule has 0 saturated carbocycles. The second kappa shape index (κ2) is 7.01. The Labute approximate surface area is 169 Å². The van der Waals surface area contributed by atoms with Crippen molar-refractivity contribution in [2.24, 2.45) is 5.92 Å². The normalized spacial score (nSPS) is 23.8. The van der Waals surface area contributed by atoms with E-state index >= 15 is 0 Å². The monoisotopic (exact) mass is 386 g/mol. The predicted molar refractivity (Wildman–Crippen MR) is 112 cm³/mol. The Bertz CT molecular complexity index is 1080. The molecule has 0 N–H and O–H groups in total. The number of fused-ring (bicyclic) bond motifs is 2. The molecule has 2 amide bonds. The van der Waals surface area contributed by atoms with E-state index in [0.717, 1.165) is 29.3 Å². The number of carbonyl (C=O) groups excluding carboxylic acids is 2. The van der Waals surface area contributed by atoms with E-state index < -0.39 is 12.0 Å². The number of hydroxylamine groups is 1. The summed E-state index contributed by atoms with van der Waals surface area (Å²) in [5.41, 5.74) is 1.48. The van der Waals surface area contributed by atoms with E-state index in [0.29, 0.717) is 5.69 Å². The number of benzene rings is 3. The van der Waals surface area contributed by atoms with Crippen LogP contribution in [0.5, 0.6) is 0 Å². The molecule has 3 aromatic rings. The first-order chi connectivity index (χ1) is 14.2. The van der Waals surface area contributed by atoms with Crippen LogP contribution in [0.15, 0.2) is 72.8 Å². The van der Waals surface area contributed by atoms with Gasteiger partial charge in [-0.05, 0) is 41.5 Å². The van der Waals surface area contributed by atoms with Crippen molar-refractivity contribution in [3.63, 3.8) is 0 Å². The minimum absolute atomic E-state index is 0.158. The highest BCUT2D eigenvalue weighted by molar-refractivity contribution is 6.24. The van der Waals surface area contributed by atoms with Crippen LogP contribution in [0.3, 0.4) is 0 Å². The molecule has 146 valence electrons. The van der Waals surface area contributed by atoms with Crippen molar-refractivity contribution in [1.29, 1.82) is 0 Å². The van der Waals surface area contributed by atoms with Crippen LogP contribution in [-0.2, 0) is 14.4 Å². The quantitative estimate of drug-likeness (QED) is 0.627. The minimum atomic E-state index is -0.772. The van der Waals surface area contributed by atoms with Gasteiger partial charge in [-0.3, -0.25) is 14.4 Å². The van der Waals surface area contributed by atoms with E-state index in [-0.39, 0.29) is 17.9 Å². The molecule has 0 radical (unpaired) electrons. The molecule has 3 aromatic carbocycles. The van der Waals surface area contributed by atoms with E-state index in [1.807, 2.05) is 72.8 Å². The second-order valence-corrected chi connectivity index (χ2v) is 7.61. The summed E-state index contributed by atoms with van der Waals surface area (Å²) in [7, 11) is 0. The highest BCUT2D eigenvalue weighted by Gasteiger charge is 2.59. The lowest BCUT2D eigenvalue weighted by molar-refractivity contribution is -0.126. The van der Waals surface area contributed by atoms with Crippen LogP contribution in [-0.4, -0.2) is 24.0 Å². The maximum atomic E-state index is 13.4. The summed E-state index contributed by atoms with van der Waals surface area (Å²) in [5, 5.41) is 3.84. The van der Waals surface area contributed by atoms with Crippen LogP contribution in [0.25, 0.3) is 10.8 Å². The largest absolute Gasteiger partial charge is 0.273 e. The van der Waals surface area contributed by atoms with Gasteiger partial charge in [0.25, 0.3) is 5.91 Å². The summed E-state index contributed by atoms with van der Waals surface area (Å²) >= 11 is 0. The number of rotatable bonds is 4. The summed E-state index contributed by atoms with van der Waals surface area (Å²) in [6.45, 7) is 2.08. The molecular formula is C24H22N2O3. The fraction of sp³-hybridized carbons (Fsp3) is 0.250. The highest BCUT2D eigenvalue weighted by atomic mass is 16.7. The van der Waals surface area contributed by atoms with Crippen molar-refractivity contribution < 1.29 is 14.4 Å². The molecule has 5 nitrogen and oxygen atoms in total. The molecule has 2 saturated heterocycles. The van der Waals surface area contributed by atoms with Crippen LogP contribution in [0, 0.1) is 5.92 Å². The molecule has 2 aliphatic heterocycles. The zero-order valence-corrected chi connectivity index (χ0v) is 16.2. The summed E-state index contributed by atoms with van der Waals surface area (Å²) in [6.07, 6.45) is 0.907. The third kappa shape index (κ3) is 2.81. The first-order valence-electron chi connectivity index (χ1n) is 10.1. The van der Waals surface area contributed by atoms with Gasteiger partial charge in [-0.2, -0.15) is 0 Å².